The maximum Gasteiger partial charge on any atom is 0.188 e. The molecule has 0 bridgehead atoms. The summed E-state index contributed by atoms with van der Waals surface area (Å²) in [6.07, 6.45) is 2.81. The van der Waals surface area contributed by atoms with E-state index in [-0.39, 0.29) is 5.78 Å². The Balaban J connectivity index is 2.00. The van der Waals surface area contributed by atoms with E-state index < -0.39 is 0 Å². The van der Waals surface area contributed by atoms with E-state index in [9.17, 15) is 4.79 Å². The number of ether oxygens (including phenoxy) is 1. The Labute approximate surface area is 123 Å². The first-order valence-electron chi connectivity index (χ1n) is 6.26. The summed E-state index contributed by atoms with van der Waals surface area (Å²) in [6, 6.07) is 12.8. The van der Waals surface area contributed by atoms with E-state index >= 15 is 0 Å². The normalized spacial score (nSPS) is 10.8. The van der Waals surface area contributed by atoms with E-state index in [1.807, 2.05) is 32.0 Å². The minimum Gasteiger partial charge on any atom is -0.465 e. The molecule has 0 N–H and O–H groups in total. The van der Waals surface area contributed by atoms with Gasteiger partial charge < -0.3 is 4.74 Å². The van der Waals surface area contributed by atoms with Gasteiger partial charge in [0.15, 0.2) is 5.78 Å². The molecule has 0 aliphatic rings. The number of carbonyl (C=O) groups excluding carboxylic acids is 1. The smallest absolute Gasteiger partial charge is 0.188 e. The highest BCUT2D eigenvalue weighted by Crippen LogP contribution is 2.21. The van der Waals surface area contributed by atoms with Crippen LogP contribution in [0.1, 0.15) is 21.5 Å². The van der Waals surface area contributed by atoms with E-state index in [1.165, 1.54) is 12.3 Å². The predicted molar refractivity (Wildman–Crippen MR) is 81.5 cm³/mol. The average molecular weight is 287 g/mol. The molecule has 0 saturated carbocycles. The maximum absolute atomic E-state index is 11.9. The van der Waals surface area contributed by atoms with Crippen molar-refractivity contribution in [2.24, 2.45) is 0 Å². The van der Waals surface area contributed by atoms with E-state index in [4.69, 9.17) is 16.3 Å². The fraction of sp³-hybridized carbons (Fsp3) is 0.118. The van der Waals surface area contributed by atoms with Crippen LogP contribution >= 0.6 is 11.6 Å². The Morgan fingerprint density at radius 1 is 1.10 bits per heavy atom. The summed E-state index contributed by atoms with van der Waals surface area (Å²) in [7, 11) is 0. The summed E-state index contributed by atoms with van der Waals surface area (Å²) in [5.74, 6) is 0.565. The number of halogens is 1. The Bertz CT molecular complexity index is 643. The van der Waals surface area contributed by atoms with Crippen molar-refractivity contribution in [1.82, 2.24) is 0 Å². The second-order valence-corrected chi connectivity index (χ2v) is 4.97. The van der Waals surface area contributed by atoms with E-state index in [0.717, 1.165) is 11.1 Å². The third-order valence-electron chi connectivity index (χ3n) is 2.89. The molecule has 0 fully saturated rings. The summed E-state index contributed by atoms with van der Waals surface area (Å²) in [5, 5.41) is 0.692. The van der Waals surface area contributed by atoms with Crippen molar-refractivity contribution >= 4 is 17.4 Å². The molecular weight excluding hydrogens is 272 g/mol. The zero-order chi connectivity index (χ0) is 14.5. The third-order valence-corrected chi connectivity index (χ3v) is 3.31. The van der Waals surface area contributed by atoms with Gasteiger partial charge in [0.25, 0.3) is 0 Å². The van der Waals surface area contributed by atoms with Gasteiger partial charge in [-0.05, 0) is 37.6 Å². The molecule has 3 heteroatoms. The summed E-state index contributed by atoms with van der Waals surface area (Å²) < 4.78 is 5.40. The van der Waals surface area contributed by atoms with Crippen molar-refractivity contribution in [3.8, 4) is 5.75 Å². The summed E-state index contributed by atoms with van der Waals surface area (Å²) in [5.41, 5.74) is 2.70. The Kier molecular flexibility index (Phi) is 4.59. The number of allylic oxidation sites excluding steroid dienone is 1. The minimum atomic E-state index is -0.0873. The quantitative estimate of drug-likeness (QED) is 0.461. The first-order valence-corrected chi connectivity index (χ1v) is 6.64. The first-order chi connectivity index (χ1) is 9.56. The number of hydrogen-bond acceptors (Lipinski definition) is 2. The highest BCUT2D eigenvalue weighted by molar-refractivity contribution is 6.31. The molecule has 0 aliphatic heterocycles. The lowest BCUT2D eigenvalue weighted by atomic mass is 10.1. The first kappa shape index (κ1) is 14.4. The Morgan fingerprint density at radius 2 is 1.80 bits per heavy atom. The Hall–Kier alpha value is -2.06. The highest BCUT2D eigenvalue weighted by Gasteiger charge is 2.01. The number of hydrogen-bond donors (Lipinski definition) is 0. The third kappa shape index (κ3) is 3.72. The molecule has 20 heavy (non-hydrogen) atoms. The van der Waals surface area contributed by atoms with Gasteiger partial charge in [-0.2, -0.15) is 0 Å². The van der Waals surface area contributed by atoms with Gasteiger partial charge in [-0.1, -0.05) is 41.4 Å². The summed E-state index contributed by atoms with van der Waals surface area (Å²) >= 11 is 5.93. The number of rotatable bonds is 4. The molecule has 0 saturated heterocycles. The molecule has 2 nitrogen and oxygen atoms in total. The number of benzene rings is 2. The Morgan fingerprint density at radius 3 is 2.45 bits per heavy atom. The zero-order valence-corrected chi connectivity index (χ0v) is 12.1. The van der Waals surface area contributed by atoms with Crippen molar-refractivity contribution in [3.05, 3.63) is 76.5 Å². The molecule has 0 atom stereocenters. The second kappa shape index (κ2) is 6.40. The van der Waals surface area contributed by atoms with E-state index in [2.05, 4.69) is 0 Å². The lowest BCUT2D eigenvalue weighted by Gasteiger charge is -2.02. The molecule has 102 valence electrons. The van der Waals surface area contributed by atoms with Crippen LogP contribution in [0.25, 0.3) is 0 Å². The van der Waals surface area contributed by atoms with Crippen LogP contribution in [0.3, 0.4) is 0 Å². The molecule has 0 radical (unpaired) electrons. The monoisotopic (exact) mass is 286 g/mol. The van der Waals surface area contributed by atoms with Gasteiger partial charge >= 0.3 is 0 Å². The van der Waals surface area contributed by atoms with E-state index in [0.29, 0.717) is 16.3 Å². The highest BCUT2D eigenvalue weighted by atomic mass is 35.5. The largest absolute Gasteiger partial charge is 0.465 e. The van der Waals surface area contributed by atoms with Crippen molar-refractivity contribution < 1.29 is 9.53 Å². The van der Waals surface area contributed by atoms with Crippen molar-refractivity contribution in [3.63, 3.8) is 0 Å². The standard InChI is InChI=1S/C17H15ClO2/c1-12-3-5-14(6-4-12)17(19)9-10-20-15-7-8-16(18)13(2)11-15/h3-11H,1-2H3/b10-9+. The van der Waals surface area contributed by atoms with Crippen LogP contribution in [-0.4, -0.2) is 5.78 Å². The molecular formula is C17H15ClO2. The van der Waals surface area contributed by atoms with Gasteiger partial charge in [-0.3, -0.25) is 4.79 Å². The molecule has 2 aromatic rings. The van der Waals surface area contributed by atoms with Crippen LogP contribution in [0, 0.1) is 13.8 Å². The predicted octanol–water partition coefficient (Wildman–Crippen LogP) is 4.73. The summed E-state index contributed by atoms with van der Waals surface area (Å²) in [4.78, 5) is 11.9. The molecule has 0 spiro atoms. The number of aryl methyl sites for hydroxylation is 2. The van der Waals surface area contributed by atoms with Crippen molar-refractivity contribution in [2.75, 3.05) is 0 Å². The topological polar surface area (TPSA) is 26.3 Å². The SMILES string of the molecule is Cc1ccc(C(=O)/C=C/Oc2ccc(Cl)c(C)c2)cc1. The van der Waals surface area contributed by atoms with Gasteiger partial charge in [0.2, 0.25) is 0 Å². The van der Waals surface area contributed by atoms with Gasteiger partial charge in [0, 0.05) is 16.7 Å². The number of carbonyl (C=O) groups is 1. The van der Waals surface area contributed by atoms with Crippen LogP contribution in [-0.2, 0) is 0 Å². The molecule has 0 aromatic heterocycles. The van der Waals surface area contributed by atoms with E-state index in [1.54, 1.807) is 24.3 Å². The van der Waals surface area contributed by atoms with Crippen molar-refractivity contribution in [2.45, 2.75) is 13.8 Å². The van der Waals surface area contributed by atoms with Crippen molar-refractivity contribution in [1.29, 1.82) is 0 Å². The van der Waals surface area contributed by atoms with Gasteiger partial charge in [0.05, 0.1) is 6.26 Å². The maximum atomic E-state index is 11.9. The molecule has 0 unspecified atom stereocenters. The fourth-order valence-corrected chi connectivity index (χ4v) is 1.80. The minimum absolute atomic E-state index is 0.0873. The van der Waals surface area contributed by atoms with Gasteiger partial charge in [-0.25, -0.2) is 0 Å². The van der Waals surface area contributed by atoms with Gasteiger partial charge in [-0.15, -0.1) is 0 Å². The van der Waals surface area contributed by atoms with Crippen LogP contribution in [0.5, 0.6) is 5.75 Å². The van der Waals surface area contributed by atoms with Gasteiger partial charge in [0.1, 0.15) is 5.75 Å². The second-order valence-electron chi connectivity index (χ2n) is 4.56. The number of ketones is 1. The molecule has 0 amide bonds. The van der Waals surface area contributed by atoms with Crippen LogP contribution in [0.4, 0.5) is 0 Å². The lowest BCUT2D eigenvalue weighted by molar-refractivity contribution is 0.104. The fourth-order valence-electron chi connectivity index (χ4n) is 1.68. The summed E-state index contributed by atoms with van der Waals surface area (Å²) in [6.45, 7) is 3.88. The zero-order valence-electron chi connectivity index (χ0n) is 11.4. The molecule has 2 aromatic carbocycles. The average Bonchev–Trinajstić information content (AvgIpc) is 2.43. The van der Waals surface area contributed by atoms with Crippen LogP contribution in [0.15, 0.2) is 54.8 Å². The van der Waals surface area contributed by atoms with Crippen LogP contribution < -0.4 is 4.74 Å². The van der Waals surface area contributed by atoms with Crippen LogP contribution in [0.2, 0.25) is 5.02 Å². The lowest BCUT2D eigenvalue weighted by Crippen LogP contribution is -1.95. The molecule has 2 rings (SSSR count). The molecule has 0 aliphatic carbocycles. The molecule has 0 heterocycles.